The van der Waals surface area contributed by atoms with Gasteiger partial charge in [-0.2, -0.15) is 0 Å². The van der Waals surface area contributed by atoms with Gasteiger partial charge in [-0.25, -0.2) is 4.39 Å². The Morgan fingerprint density at radius 2 is 1.95 bits per heavy atom. The number of anilines is 1. The fourth-order valence-corrected chi connectivity index (χ4v) is 5.31. The van der Waals surface area contributed by atoms with Crippen LogP contribution in [-0.2, 0) is 4.79 Å². The molecule has 1 atom stereocenters. The molecule has 0 radical (unpaired) electrons. The maximum Gasteiger partial charge on any atom is 0.256 e. The van der Waals surface area contributed by atoms with Gasteiger partial charge in [0.25, 0.3) is 11.8 Å². The van der Waals surface area contributed by atoms with Crippen molar-refractivity contribution in [2.75, 3.05) is 31.5 Å². The number of aromatic amines is 1. The number of likely N-dealkylation sites (tertiary alicyclic amines) is 1. The molecule has 192 valence electrons. The average Bonchev–Trinajstić information content (AvgIpc) is 3.56. The SMILES string of the molecule is Cc1[nH]c(C=C2C(=O)Nc3cccc(-c4cccc(F)c4)c32)c(C)c1C(=O)NCC(O)CN1CCCC1. The standard InChI is InChI=1S/C29H31FN4O3/c1-17-25(32-18(2)26(17)29(37)31-15-21(35)16-34-11-3-4-12-34)14-23-27-22(19-7-5-8-20(30)13-19)9-6-10-24(27)33-28(23)36/h5-10,13-14,21,32,35H,3-4,11-12,15-16H2,1-2H3,(H,31,37)(H,33,36). The van der Waals surface area contributed by atoms with Gasteiger partial charge in [-0.1, -0.05) is 24.3 Å². The first-order valence-electron chi connectivity index (χ1n) is 12.6. The zero-order chi connectivity index (χ0) is 26.1. The molecular formula is C29H31FN4O3. The van der Waals surface area contributed by atoms with Gasteiger partial charge >= 0.3 is 0 Å². The number of β-amino-alcohol motifs (C(OH)–C–C–N with tert-alkyl or cyclic N) is 1. The van der Waals surface area contributed by atoms with Crippen LogP contribution >= 0.6 is 0 Å². The number of hydrogen-bond donors (Lipinski definition) is 4. The summed E-state index contributed by atoms with van der Waals surface area (Å²) < 4.78 is 14.0. The van der Waals surface area contributed by atoms with Crippen LogP contribution in [-0.4, -0.2) is 59.1 Å². The molecule has 1 aromatic heterocycles. The highest BCUT2D eigenvalue weighted by atomic mass is 19.1. The van der Waals surface area contributed by atoms with Crippen molar-refractivity contribution in [2.45, 2.75) is 32.8 Å². The Bertz CT molecular complexity index is 1390. The third-order valence-electron chi connectivity index (χ3n) is 7.12. The molecule has 2 amide bonds. The summed E-state index contributed by atoms with van der Waals surface area (Å²) in [5.41, 5.74) is 5.73. The van der Waals surface area contributed by atoms with Gasteiger partial charge in [-0.3, -0.25) is 9.59 Å². The average molecular weight is 503 g/mol. The number of benzene rings is 2. The summed E-state index contributed by atoms with van der Waals surface area (Å²) in [5.74, 6) is -0.885. The second-order valence-electron chi connectivity index (χ2n) is 9.79. The second kappa shape index (κ2) is 10.3. The quantitative estimate of drug-likeness (QED) is 0.366. The zero-order valence-corrected chi connectivity index (χ0v) is 21.0. The summed E-state index contributed by atoms with van der Waals surface area (Å²) in [6, 6.07) is 11.8. The molecule has 0 spiro atoms. The van der Waals surface area contributed by atoms with E-state index in [9.17, 15) is 19.1 Å². The van der Waals surface area contributed by atoms with Gasteiger partial charge in [-0.05, 0) is 80.7 Å². The van der Waals surface area contributed by atoms with Crippen molar-refractivity contribution in [1.29, 1.82) is 0 Å². The first-order valence-corrected chi connectivity index (χ1v) is 12.6. The number of carbonyl (C=O) groups is 2. The van der Waals surface area contributed by atoms with Crippen molar-refractivity contribution >= 4 is 29.2 Å². The number of H-pyrrole nitrogens is 1. The summed E-state index contributed by atoms with van der Waals surface area (Å²) in [6.45, 7) is 6.32. The van der Waals surface area contributed by atoms with Crippen LogP contribution in [0.2, 0.25) is 0 Å². The van der Waals surface area contributed by atoms with E-state index >= 15 is 0 Å². The maximum atomic E-state index is 14.0. The molecule has 0 saturated carbocycles. The van der Waals surface area contributed by atoms with Gasteiger partial charge < -0.3 is 25.6 Å². The molecule has 1 unspecified atom stereocenters. The zero-order valence-electron chi connectivity index (χ0n) is 21.0. The molecular weight excluding hydrogens is 471 g/mol. The molecule has 37 heavy (non-hydrogen) atoms. The molecule has 1 fully saturated rings. The lowest BCUT2D eigenvalue weighted by molar-refractivity contribution is -0.110. The number of hydrogen-bond acceptors (Lipinski definition) is 4. The summed E-state index contributed by atoms with van der Waals surface area (Å²) >= 11 is 0. The first-order chi connectivity index (χ1) is 17.8. The number of aromatic nitrogens is 1. The number of carbonyl (C=O) groups excluding carboxylic acids is 2. The Kier molecular flexibility index (Phi) is 6.95. The molecule has 3 aromatic rings. The molecule has 3 heterocycles. The third-order valence-corrected chi connectivity index (χ3v) is 7.12. The van der Waals surface area contributed by atoms with E-state index < -0.39 is 6.10 Å². The number of halogens is 1. The van der Waals surface area contributed by atoms with Crippen LogP contribution in [0.3, 0.4) is 0 Å². The van der Waals surface area contributed by atoms with E-state index in [0.29, 0.717) is 51.4 Å². The van der Waals surface area contributed by atoms with Crippen LogP contribution in [0.15, 0.2) is 42.5 Å². The smallest absolute Gasteiger partial charge is 0.256 e. The Morgan fingerprint density at radius 3 is 2.70 bits per heavy atom. The van der Waals surface area contributed by atoms with E-state index in [1.807, 2.05) is 38.1 Å². The third kappa shape index (κ3) is 5.08. The first kappa shape index (κ1) is 24.9. The minimum Gasteiger partial charge on any atom is -0.390 e. The van der Waals surface area contributed by atoms with Crippen molar-refractivity contribution in [3.05, 3.63) is 76.4 Å². The second-order valence-corrected chi connectivity index (χ2v) is 9.79. The van der Waals surface area contributed by atoms with Gasteiger partial charge in [-0.15, -0.1) is 0 Å². The van der Waals surface area contributed by atoms with Crippen molar-refractivity contribution in [1.82, 2.24) is 15.2 Å². The predicted octanol–water partition coefficient (Wildman–Crippen LogP) is 4.12. The van der Waals surface area contributed by atoms with E-state index in [1.165, 1.54) is 12.1 Å². The Hall–Kier alpha value is -3.75. The van der Waals surface area contributed by atoms with E-state index in [0.717, 1.165) is 31.5 Å². The lowest BCUT2D eigenvalue weighted by Crippen LogP contribution is -2.39. The van der Waals surface area contributed by atoms with Crippen LogP contribution in [0, 0.1) is 19.7 Å². The minimum absolute atomic E-state index is 0.169. The van der Waals surface area contributed by atoms with Crippen LogP contribution in [0.1, 0.15) is 45.7 Å². The summed E-state index contributed by atoms with van der Waals surface area (Å²) in [5, 5.41) is 16.1. The highest BCUT2D eigenvalue weighted by Gasteiger charge is 2.28. The Balaban J connectivity index is 1.41. The number of aryl methyl sites for hydroxylation is 1. The van der Waals surface area contributed by atoms with Crippen molar-refractivity contribution in [3.63, 3.8) is 0 Å². The number of fused-ring (bicyclic) bond motifs is 1. The Morgan fingerprint density at radius 1 is 1.19 bits per heavy atom. The lowest BCUT2D eigenvalue weighted by Gasteiger charge is -2.19. The van der Waals surface area contributed by atoms with Crippen molar-refractivity contribution in [2.24, 2.45) is 0 Å². The topological polar surface area (TPSA) is 97.5 Å². The molecule has 0 aliphatic carbocycles. The molecule has 2 aromatic carbocycles. The van der Waals surface area contributed by atoms with Gasteiger partial charge in [0.1, 0.15) is 5.82 Å². The molecule has 5 rings (SSSR count). The fraction of sp³-hybridized carbons (Fsp3) is 0.310. The van der Waals surface area contributed by atoms with E-state index in [2.05, 4.69) is 20.5 Å². The molecule has 4 N–H and O–H groups in total. The van der Waals surface area contributed by atoms with E-state index in [1.54, 1.807) is 12.1 Å². The van der Waals surface area contributed by atoms with Crippen molar-refractivity contribution in [3.8, 4) is 11.1 Å². The molecule has 2 aliphatic rings. The Labute approximate surface area is 215 Å². The largest absolute Gasteiger partial charge is 0.390 e. The molecule has 1 saturated heterocycles. The summed E-state index contributed by atoms with van der Waals surface area (Å²) in [6.07, 6.45) is 3.39. The highest BCUT2D eigenvalue weighted by Crippen LogP contribution is 2.40. The number of nitrogens with one attached hydrogen (secondary N) is 3. The monoisotopic (exact) mass is 502 g/mol. The van der Waals surface area contributed by atoms with Crippen molar-refractivity contribution < 1.29 is 19.1 Å². The van der Waals surface area contributed by atoms with Gasteiger partial charge in [0, 0.05) is 35.7 Å². The summed E-state index contributed by atoms with van der Waals surface area (Å²) in [4.78, 5) is 31.4. The van der Waals surface area contributed by atoms with Gasteiger partial charge in [0.05, 0.1) is 17.2 Å². The number of amides is 2. The maximum absolute atomic E-state index is 14.0. The van der Waals surface area contributed by atoms with Crippen LogP contribution in [0.5, 0.6) is 0 Å². The highest BCUT2D eigenvalue weighted by molar-refractivity contribution is 6.36. The molecule has 7 nitrogen and oxygen atoms in total. The number of rotatable bonds is 7. The van der Waals surface area contributed by atoms with Gasteiger partial charge in [0.2, 0.25) is 0 Å². The minimum atomic E-state index is -0.636. The van der Waals surface area contributed by atoms with E-state index in [4.69, 9.17) is 0 Å². The predicted molar refractivity (Wildman–Crippen MR) is 143 cm³/mol. The normalized spacial score (nSPS) is 17.2. The number of aliphatic hydroxyl groups is 1. The molecule has 2 aliphatic heterocycles. The van der Waals surface area contributed by atoms with Crippen LogP contribution in [0.25, 0.3) is 22.8 Å². The number of nitrogens with zero attached hydrogens (tertiary/aromatic N) is 1. The van der Waals surface area contributed by atoms with E-state index in [-0.39, 0.29) is 24.2 Å². The lowest BCUT2D eigenvalue weighted by atomic mass is 9.94. The summed E-state index contributed by atoms with van der Waals surface area (Å²) in [7, 11) is 0. The number of aliphatic hydroxyl groups excluding tert-OH is 1. The van der Waals surface area contributed by atoms with Crippen LogP contribution < -0.4 is 10.6 Å². The van der Waals surface area contributed by atoms with Gasteiger partial charge in [0.15, 0.2) is 0 Å². The van der Waals surface area contributed by atoms with Crippen LogP contribution in [0.4, 0.5) is 10.1 Å². The fourth-order valence-electron chi connectivity index (χ4n) is 5.31. The molecule has 0 bridgehead atoms. The molecule has 8 heteroatoms.